The number of benzene rings is 1. The first-order chi connectivity index (χ1) is 11.7. The Balaban J connectivity index is 1.80. The van der Waals surface area contributed by atoms with Gasteiger partial charge in [-0.2, -0.15) is 11.8 Å². The molecule has 0 radical (unpaired) electrons. The SMILES string of the molecule is CCOCCOC(C)C(=O)Nc1cccc(CN2CCSCC2)c1. The molecule has 1 aliphatic rings. The highest BCUT2D eigenvalue weighted by molar-refractivity contribution is 7.99. The van der Waals surface area contributed by atoms with Gasteiger partial charge in [-0.25, -0.2) is 0 Å². The van der Waals surface area contributed by atoms with Crippen LogP contribution in [0.2, 0.25) is 0 Å². The van der Waals surface area contributed by atoms with Crippen LogP contribution in [0.15, 0.2) is 24.3 Å². The lowest BCUT2D eigenvalue weighted by molar-refractivity contribution is -0.127. The summed E-state index contributed by atoms with van der Waals surface area (Å²) in [6.45, 7) is 8.49. The van der Waals surface area contributed by atoms with Gasteiger partial charge in [-0.1, -0.05) is 12.1 Å². The number of thioether (sulfide) groups is 1. The first-order valence-electron chi connectivity index (χ1n) is 8.58. The van der Waals surface area contributed by atoms with E-state index in [0.29, 0.717) is 19.8 Å². The molecule has 24 heavy (non-hydrogen) atoms. The number of rotatable bonds is 9. The van der Waals surface area contributed by atoms with Gasteiger partial charge >= 0.3 is 0 Å². The summed E-state index contributed by atoms with van der Waals surface area (Å²) >= 11 is 2.01. The van der Waals surface area contributed by atoms with Crippen LogP contribution in [0.3, 0.4) is 0 Å². The highest BCUT2D eigenvalue weighted by Gasteiger charge is 2.14. The molecular formula is C18H28N2O3S. The molecule has 0 bridgehead atoms. The minimum Gasteiger partial charge on any atom is -0.379 e. The number of carbonyl (C=O) groups is 1. The number of hydrogen-bond acceptors (Lipinski definition) is 5. The summed E-state index contributed by atoms with van der Waals surface area (Å²) in [5.41, 5.74) is 2.05. The zero-order valence-corrected chi connectivity index (χ0v) is 15.4. The van der Waals surface area contributed by atoms with Crippen molar-refractivity contribution in [1.29, 1.82) is 0 Å². The van der Waals surface area contributed by atoms with Gasteiger partial charge in [0.2, 0.25) is 0 Å². The Morgan fingerprint density at radius 2 is 2.12 bits per heavy atom. The molecule has 1 atom stereocenters. The first-order valence-corrected chi connectivity index (χ1v) is 9.73. The van der Waals surface area contributed by atoms with Crippen molar-refractivity contribution in [3.63, 3.8) is 0 Å². The van der Waals surface area contributed by atoms with Gasteiger partial charge in [0, 0.05) is 43.4 Å². The standard InChI is InChI=1S/C18H28N2O3S/c1-3-22-9-10-23-15(2)18(21)19-17-6-4-5-16(13-17)14-20-7-11-24-12-8-20/h4-6,13,15H,3,7-12,14H2,1-2H3,(H,19,21). The Morgan fingerprint density at radius 3 is 2.88 bits per heavy atom. The number of amides is 1. The van der Waals surface area contributed by atoms with E-state index in [1.54, 1.807) is 6.92 Å². The van der Waals surface area contributed by atoms with Crippen LogP contribution in [0, 0.1) is 0 Å². The van der Waals surface area contributed by atoms with Crippen molar-refractivity contribution in [3.05, 3.63) is 29.8 Å². The van der Waals surface area contributed by atoms with E-state index in [1.807, 2.05) is 36.9 Å². The van der Waals surface area contributed by atoms with E-state index >= 15 is 0 Å². The first kappa shape index (κ1) is 19.2. The van der Waals surface area contributed by atoms with Crippen molar-refractivity contribution < 1.29 is 14.3 Å². The molecule has 0 spiro atoms. The van der Waals surface area contributed by atoms with Gasteiger partial charge < -0.3 is 14.8 Å². The van der Waals surface area contributed by atoms with E-state index in [4.69, 9.17) is 9.47 Å². The molecule has 0 aliphatic carbocycles. The summed E-state index contributed by atoms with van der Waals surface area (Å²) in [6.07, 6.45) is -0.492. The van der Waals surface area contributed by atoms with Crippen LogP contribution in [0.4, 0.5) is 5.69 Å². The third-order valence-electron chi connectivity index (χ3n) is 3.87. The molecule has 6 heteroatoms. The second-order valence-corrected chi connectivity index (χ2v) is 7.01. The largest absolute Gasteiger partial charge is 0.379 e. The molecule has 1 aliphatic heterocycles. The molecule has 1 aromatic rings. The van der Waals surface area contributed by atoms with Gasteiger partial charge in [-0.3, -0.25) is 9.69 Å². The summed E-state index contributed by atoms with van der Waals surface area (Å²) < 4.78 is 10.7. The Hall–Kier alpha value is -1.08. The van der Waals surface area contributed by atoms with Crippen molar-refractivity contribution in [2.75, 3.05) is 49.7 Å². The van der Waals surface area contributed by atoms with Crippen LogP contribution in [0.1, 0.15) is 19.4 Å². The maximum atomic E-state index is 12.2. The highest BCUT2D eigenvalue weighted by Crippen LogP contribution is 2.16. The van der Waals surface area contributed by atoms with Crippen molar-refractivity contribution in [2.45, 2.75) is 26.5 Å². The van der Waals surface area contributed by atoms with Crippen LogP contribution in [0.25, 0.3) is 0 Å². The normalized spacial score (nSPS) is 16.8. The Labute approximate surface area is 149 Å². The monoisotopic (exact) mass is 352 g/mol. The predicted molar refractivity (Wildman–Crippen MR) is 99.6 cm³/mol. The van der Waals surface area contributed by atoms with E-state index in [0.717, 1.165) is 25.3 Å². The topological polar surface area (TPSA) is 50.8 Å². The van der Waals surface area contributed by atoms with E-state index < -0.39 is 6.10 Å². The molecule has 1 N–H and O–H groups in total. The van der Waals surface area contributed by atoms with Gasteiger partial charge in [0.25, 0.3) is 5.91 Å². The predicted octanol–water partition coefficient (Wildman–Crippen LogP) is 2.62. The fourth-order valence-corrected chi connectivity index (χ4v) is 3.49. The smallest absolute Gasteiger partial charge is 0.253 e. The van der Waals surface area contributed by atoms with Gasteiger partial charge in [-0.05, 0) is 31.5 Å². The maximum Gasteiger partial charge on any atom is 0.253 e. The zero-order valence-electron chi connectivity index (χ0n) is 14.6. The highest BCUT2D eigenvalue weighted by atomic mass is 32.2. The molecular weight excluding hydrogens is 324 g/mol. The summed E-state index contributed by atoms with van der Waals surface area (Å²) in [6, 6.07) is 8.07. The van der Waals surface area contributed by atoms with Crippen LogP contribution in [0.5, 0.6) is 0 Å². The van der Waals surface area contributed by atoms with Gasteiger partial charge in [0.05, 0.1) is 13.2 Å². The van der Waals surface area contributed by atoms with Crippen LogP contribution in [-0.2, 0) is 20.8 Å². The molecule has 1 aromatic carbocycles. The summed E-state index contributed by atoms with van der Waals surface area (Å²) in [4.78, 5) is 14.6. The number of hydrogen-bond donors (Lipinski definition) is 1. The van der Waals surface area contributed by atoms with Gasteiger partial charge in [-0.15, -0.1) is 0 Å². The molecule has 1 heterocycles. The molecule has 1 amide bonds. The fourth-order valence-electron chi connectivity index (χ4n) is 2.51. The molecule has 5 nitrogen and oxygen atoms in total. The quantitative estimate of drug-likeness (QED) is 0.693. The lowest BCUT2D eigenvalue weighted by Gasteiger charge is -2.26. The fraction of sp³-hybridized carbons (Fsp3) is 0.611. The number of nitrogens with one attached hydrogen (secondary N) is 1. The molecule has 1 saturated heterocycles. The average Bonchev–Trinajstić information content (AvgIpc) is 2.59. The Kier molecular flexibility index (Phi) is 8.59. The Bertz CT molecular complexity index is 507. The van der Waals surface area contributed by atoms with E-state index in [9.17, 15) is 4.79 Å². The second kappa shape index (κ2) is 10.7. The number of carbonyl (C=O) groups excluding carboxylic acids is 1. The van der Waals surface area contributed by atoms with E-state index in [1.165, 1.54) is 17.1 Å². The molecule has 134 valence electrons. The molecule has 0 aromatic heterocycles. The van der Waals surface area contributed by atoms with Crippen LogP contribution >= 0.6 is 11.8 Å². The van der Waals surface area contributed by atoms with Crippen molar-refractivity contribution >= 4 is 23.4 Å². The number of ether oxygens (including phenoxy) is 2. The van der Waals surface area contributed by atoms with Crippen LogP contribution in [-0.4, -0.2) is 61.3 Å². The molecule has 1 unspecified atom stereocenters. The van der Waals surface area contributed by atoms with Crippen molar-refractivity contribution in [2.24, 2.45) is 0 Å². The maximum absolute atomic E-state index is 12.2. The van der Waals surface area contributed by atoms with E-state index in [2.05, 4.69) is 16.3 Å². The second-order valence-electron chi connectivity index (χ2n) is 5.79. The molecule has 0 saturated carbocycles. The zero-order chi connectivity index (χ0) is 17.2. The minimum absolute atomic E-state index is 0.127. The summed E-state index contributed by atoms with van der Waals surface area (Å²) in [5.74, 6) is 2.28. The third-order valence-corrected chi connectivity index (χ3v) is 4.82. The lowest BCUT2D eigenvalue weighted by Crippen LogP contribution is -2.32. The van der Waals surface area contributed by atoms with Gasteiger partial charge in [0.15, 0.2) is 0 Å². The summed E-state index contributed by atoms with van der Waals surface area (Å²) in [7, 11) is 0. The third kappa shape index (κ3) is 6.81. The Morgan fingerprint density at radius 1 is 1.33 bits per heavy atom. The van der Waals surface area contributed by atoms with Crippen molar-refractivity contribution in [1.82, 2.24) is 4.90 Å². The van der Waals surface area contributed by atoms with E-state index in [-0.39, 0.29) is 5.91 Å². The van der Waals surface area contributed by atoms with Gasteiger partial charge in [0.1, 0.15) is 6.10 Å². The number of anilines is 1. The summed E-state index contributed by atoms with van der Waals surface area (Å²) in [5, 5.41) is 2.93. The lowest BCUT2D eigenvalue weighted by atomic mass is 10.2. The number of nitrogens with zero attached hydrogens (tertiary/aromatic N) is 1. The van der Waals surface area contributed by atoms with Crippen LogP contribution < -0.4 is 5.32 Å². The molecule has 2 rings (SSSR count). The minimum atomic E-state index is -0.492. The molecule has 1 fully saturated rings. The average molecular weight is 353 g/mol. The van der Waals surface area contributed by atoms with Crippen molar-refractivity contribution in [3.8, 4) is 0 Å².